The molecule has 1 amide bonds. The van der Waals surface area contributed by atoms with Gasteiger partial charge in [-0.1, -0.05) is 18.2 Å². The quantitative estimate of drug-likeness (QED) is 0.729. The molecule has 0 bridgehead atoms. The van der Waals surface area contributed by atoms with Crippen LogP contribution in [-0.2, 0) is 21.1 Å². The number of ether oxygens (including phenoxy) is 1. The summed E-state index contributed by atoms with van der Waals surface area (Å²) in [4.78, 5) is 17.0. The van der Waals surface area contributed by atoms with Crippen LogP contribution in [0, 0.1) is 0 Å². The normalized spacial score (nSPS) is 16.6. The van der Waals surface area contributed by atoms with Crippen molar-refractivity contribution in [2.24, 2.45) is 0 Å². The van der Waals surface area contributed by atoms with E-state index in [9.17, 15) is 13.2 Å². The maximum absolute atomic E-state index is 12.6. The summed E-state index contributed by atoms with van der Waals surface area (Å²) in [6, 6.07) is 14.6. The highest BCUT2D eigenvalue weighted by atomic mass is 32.2. The van der Waals surface area contributed by atoms with Gasteiger partial charge in [-0.05, 0) is 68.2 Å². The van der Waals surface area contributed by atoms with Gasteiger partial charge in [0.25, 0.3) is 0 Å². The molecular formula is C23H30N2O4S. The van der Waals surface area contributed by atoms with Crippen molar-refractivity contribution in [3.63, 3.8) is 0 Å². The number of hydrogen-bond donors (Lipinski definition) is 0. The maximum Gasteiger partial charge on any atom is 0.226 e. The van der Waals surface area contributed by atoms with Crippen molar-refractivity contribution in [2.75, 3.05) is 44.4 Å². The van der Waals surface area contributed by atoms with Crippen LogP contribution in [0.3, 0.4) is 0 Å². The van der Waals surface area contributed by atoms with E-state index in [0.717, 1.165) is 44.6 Å². The van der Waals surface area contributed by atoms with Crippen LogP contribution < -0.4 is 9.64 Å². The number of sulfone groups is 1. The van der Waals surface area contributed by atoms with Gasteiger partial charge in [0, 0.05) is 32.0 Å². The van der Waals surface area contributed by atoms with Crippen LogP contribution in [0.2, 0.25) is 0 Å². The largest absolute Gasteiger partial charge is 0.492 e. The van der Waals surface area contributed by atoms with E-state index in [1.807, 2.05) is 25.2 Å². The average Bonchev–Trinajstić information content (AvgIpc) is 2.74. The van der Waals surface area contributed by atoms with Crippen molar-refractivity contribution in [1.82, 2.24) is 4.90 Å². The van der Waals surface area contributed by atoms with E-state index in [2.05, 4.69) is 11.0 Å². The number of hydrogen-bond acceptors (Lipinski definition) is 5. The van der Waals surface area contributed by atoms with Gasteiger partial charge in [-0.25, -0.2) is 8.42 Å². The zero-order chi connectivity index (χ0) is 21.6. The first-order chi connectivity index (χ1) is 14.3. The third-order valence-corrected chi connectivity index (χ3v) is 6.57. The van der Waals surface area contributed by atoms with Gasteiger partial charge in [0.15, 0.2) is 9.84 Å². The van der Waals surface area contributed by atoms with Crippen molar-refractivity contribution in [3.05, 3.63) is 54.1 Å². The first kappa shape index (κ1) is 22.3. The zero-order valence-corrected chi connectivity index (χ0v) is 18.5. The summed E-state index contributed by atoms with van der Waals surface area (Å²) in [6.07, 6.45) is 4.47. The molecule has 0 N–H and O–H groups in total. The summed E-state index contributed by atoms with van der Waals surface area (Å²) in [5.41, 5.74) is 2.22. The fraction of sp³-hybridized carbons (Fsp3) is 0.435. The molecule has 6 nitrogen and oxygen atoms in total. The highest BCUT2D eigenvalue weighted by molar-refractivity contribution is 7.90. The summed E-state index contributed by atoms with van der Waals surface area (Å²) < 4.78 is 28.9. The Labute approximate surface area is 179 Å². The van der Waals surface area contributed by atoms with Gasteiger partial charge in [-0.3, -0.25) is 9.69 Å². The summed E-state index contributed by atoms with van der Waals surface area (Å²) in [6.45, 7) is 3.08. The third-order valence-electron chi connectivity index (χ3n) is 5.44. The number of para-hydroxylation sites is 1. The SMILES string of the molecule is CN1C(=O)CCCN(CCOc2ccc(S(C)(=O)=O)cc2)CCCc2ccccc21. The molecule has 0 aliphatic carbocycles. The lowest BCUT2D eigenvalue weighted by Crippen LogP contribution is -2.31. The Hall–Kier alpha value is -2.38. The minimum absolute atomic E-state index is 0.145. The molecule has 162 valence electrons. The van der Waals surface area contributed by atoms with Gasteiger partial charge in [0.1, 0.15) is 12.4 Å². The number of aryl methyl sites for hydroxylation is 1. The van der Waals surface area contributed by atoms with Crippen LogP contribution >= 0.6 is 0 Å². The fourth-order valence-electron chi connectivity index (χ4n) is 3.71. The molecule has 3 rings (SSSR count). The molecule has 0 unspecified atom stereocenters. The minimum Gasteiger partial charge on any atom is -0.492 e. The Balaban J connectivity index is 1.56. The number of rotatable bonds is 5. The lowest BCUT2D eigenvalue weighted by molar-refractivity contribution is -0.118. The first-order valence-corrected chi connectivity index (χ1v) is 12.2. The van der Waals surface area contributed by atoms with Crippen molar-refractivity contribution >= 4 is 21.4 Å². The molecule has 1 aliphatic heterocycles. The predicted octanol–water partition coefficient (Wildman–Crippen LogP) is 3.16. The van der Waals surface area contributed by atoms with Crippen LogP contribution in [0.15, 0.2) is 53.4 Å². The van der Waals surface area contributed by atoms with Gasteiger partial charge in [-0.2, -0.15) is 0 Å². The molecule has 0 fully saturated rings. The molecule has 0 spiro atoms. The highest BCUT2D eigenvalue weighted by Gasteiger charge is 2.17. The van der Waals surface area contributed by atoms with Crippen molar-refractivity contribution in [1.29, 1.82) is 0 Å². The lowest BCUT2D eigenvalue weighted by Gasteiger charge is -2.22. The Bertz CT molecular complexity index is 957. The first-order valence-electron chi connectivity index (χ1n) is 10.3. The van der Waals surface area contributed by atoms with E-state index in [1.165, 1.54) is 11.8 Å². The number of fused-ring (bicyclic) bond motifs is 1. The molecule has 2 aromatic rings. The number of benzene rings is 2. The van der Waals surface area contributed by atoms with Gasteiger partial charge < -0.3 is 9.64 Å². The average molecular weight is 431 g/mol. The standard InChI is InChI=1S/C23H30N2O4S/c1-24-22-9-4-3-7-19(22)8-5-15-25(16-6-10-23(24)26)17-18-29-20-11-13-21(14-12-20)30(2,27)28/h3-4,7,9,11-14H,5-6,8,10,15-18H2,1-2H3. The van der Waals surface area contributed by atoms with Crippen molar-refractivity contribution in [3.8, 4) is 5.75 Å². The summed E-state index contributed by atoms with van der Waals surface area (Å²) >= 11 is 0. The molecule has 0 radical (unpaired) electrons. The smallest absolute Gasteiger partial charge is 0.226 e. The van der Waals surface area contributed by atoms with Crippen LogP contribution in [0.5, 0.6) is 5.75 Å². The summed E-state index contributed by atoms with van der Waals surface area (Å²) in [5, 5.41) is 0. The molecule has 30 heavy (non-hydrogen) atoms. The second kappa shape index (κ2) is 10.1. The molecule has 1 heterocycles. The van der Waals surface area contributed by atoms with E-state index < -0.39 is 9.84 Å². The summed E-state index contributed by atoms with van der Waals surface area (Å²) in [7, 11) is -1.34. The topological polar surface area (TPSA) is 66.9 Å². The zero-order valence-electron chi connectivity index (χ0n) is 17.7. The number of nitrogens with zero attached hydrogens (tertiary/aromatic N) is 2. The monoisotopic (exact) mass is 430 g/mol. The molecule has 0 aromatic heterocycles. The second-order valence-corrected chi connectivity index (χ2v) is 9.74. The van der Waals surface area contributed by atoms with Gasteiger partial charge in [0.05, 0.1) is 4.90 Å². The highest BCUT2D eigenvalue weighted by Crippen LogP contribution is 2.22. The van der Waals surface area contributed by atoms with E-state index in [-0.39, 0.29) is 10.8 Å². The van der Waals surface area contributed by atoms with E-state index in [1.54, 1.807) is 29.2 Å². The van der Waals surface area contributed by atoms with Crippen molar-refractivity contribution in [2.45, 2.75) is 30.6 Å². The van der Waals surface area contributed by atoms with Gasteiger partial charge in [0.2, 0.25) is 5.91 Å². The van der Waals surface area contributed by atoms with Crippen LogP contribution in [0.1, 0.15) is 24.8 Å². The molecule has 0 saturated heterocycles. The van der Waals surface area contributed by atoms with Crippen LogP contribution in [0.25, 0.3) is 0 Å². The molecule has 0 atom stereocenters. The Morgan fingerprint density at radius 1 is 0.967 bits per heavy atom. The molecule has 1 aliphatic rings. The number of amides is 1. The number of carbonyl (C=O) groups is 1. The number of carbonyl (C=O) groups excluding carboxylic acids is 1. The molecule has 7 heteroatoms. The van der Waals surface area contributed by atoms with E-state index in [0.29, 0.717) is 18.8 Å². The maximum atomic E-state index is 12.6. The van der Waals surface area contributed by atoms with Gasteiger partial charge >= 0.3 is 0 Å². The van der Waals surface area contributed by atoms with Crippen molar-refractivity contribution < 1.29 is 17.9 Å². The Morgan fingerprint density at radius 3 is 2.33 bits per heavy atom. The Kier molecular flexibility index (Phi) is 7.50. The van der Waals surface area contributed by atoms with Gasteiger partial charge in [-0.15, -0.1) is 0 Å². The molecule has 0 saturated carbocycles. The minimum atomic E-state index is -3.20. The van der Waals surface area contributed by atoms with Crippen LogP contribution in [-0.4, -0.2) is 58.8 Å². The molecular weight excluding hydrogens is 400 g/mol. The van der Waals surface area contributed by atoms with Crippen LogP contribution in [0.4, 0.5) is 5.69 Å². The Morgan fingerprint density at radius 2 is 1.63 bits per heavy atom. The fourth-order valence-corrected chi connectivity index (χ4v) is 4.34. The lowest BCUT2D eigenvalue weighted by atomic mass is 10.1. The van der Waals surface area contributed by atoms with E-state index >= 15 is 0 Å². The predicted molar refractivity (Wildman–Crippen MR) is 119 cm³/mol. The number of anilines is 1. The van der Waals surface area contributed by atoms with E-state index in [4.69, 9.17) is 4.74 Å². The summed E-state index contributed by atoms with van der Waals surface area (Å²) in [5.74, 6) is 0.803. The second-order valence-electron chi connectivity index (χ2n) is 7.72. The molecule has 2 aromatic carbocycles. The third kappa shape index (κ3) is 6.06.